The molecule has 0 saturated carbocycles. The van der Waals surface area contributed by atoms with Crippen LogP contribution in [0.4, 0.5) is 0 Å². The lowest BCUT2D eigenvalue weighted by molar-refractivity contribution is 0.0698. The van der Waals surface area contributed by atoms with Gasteiger partial charge in [-0.1, -0.05) is 6.92 Å². The zero-order valence-electron chi connectivity index (χ0n) is 15.6. The van der Waals surface area contributed by atoms with Gasteiger partial charge in [0.15, 0.2) is 0 Å². The van der Waals surface area contributed by atoms with Crippen LogP contribution in [0, 0.1) is 5.92 Å². The molecule has 2 saturated heterocycles. The highest BCUT2D eigenvalue weighted by Crippen LogP contribution is 2.24. The third-order valence-electron chi connectivity index (χ3n) is 5.60. The van der Waals surface area contributed by atoms with Crippen molar-refractivity contribution < 1.29 is 13.2 Å². The van der Waals surface area contributed by atoms with E-state index in [4.69, 9.17) is 0 Å². The van der Waals surface area contributed by atoms with Crippen molar-refractivity contribution in [1.29, 1.82) is 0 Å². The monoisotopic (exact) mass is 379 g/mol. The van der Waals surface area contributed by atoms with Crippen molar-refractivity contribution in [3.8, 4) is 0 Å². The highest BCUT2D eigenvalue weighted by Gasteiger charge is 2.29. The molecule has 1 amide bonds. The van der Waals surface area contributed by atoms with Crippen molar-refractivity contribution in [3.63, 3.8) is 0 Å². The SMILES string of the molecule is CNC1CCCN(C(=O)c2ccc(S(=O)(=O)N3CCC(C)CC3)cc2)C1. The van der Waals surface area contributed by atoms with E-state index in [2.05, 4.69) is 12.2 Å². The molecular formula is C19H29N3O3S. The van der Waals surface area contributed by atoms with Crippen LogP contribution >= 0.6 is 0 Å². The first kappa shape index (κ1) is 19.3. The first-order valence-corrected chi connectivity index (χ1v) is 10.9. The molecule has 0 spiro atoms. The fraction of sp³-hybridized carbons (Fsp3) is 0.632. The molecule has 2 fully saturated rings. The second kappa shape index (κ2) is 8.06. The van der Waals surface area contributed by atoms with Crippen LogP contribution < -0.4 is 5.32 Å². The molecule has 6 nitrogen and oxygen atoms in total. The summed E-state index contributed by atoms with van der Waals surface area (Å²) in [4.78, 5) is 14.8. The van der Waals surface area contributed by atoms with E-state index in [0.717, 1.165) is 32.2 Å². The minimum atomic E-state index is -3.47. The highest BCUT2D eigenvalue weighted by atomic mass is 32.2. The summed E-state index contributed by atoms with van der Waals surface area (Å²) in [6, 6.07) is 6.75. The predicted octanol–water partition coefficient (Wildman–Crippen LogP) is 1.93. The van der Waals surface area contributed by atoms with Crippen molar-refractivity contribution in [2.75, 3.05) is 33.2 Å². The number of nitrogens with one attached hydrogen (secondary N) is 1. The Bertz CT molecular complexity index is 725. The van der Waals surface area contributed by atoms with Gasteiger partial charge in [0.1, 0.15) is 0 Å². The van der Waals surface area contributed by atoms with E-state index in [-0.39, 0.29) is 10.8 Å². The fourth-order valence-corrected chi connectivity index (χ4v) is 5.19. The van der Waals surface area contributed by atoms with Gasteiger partial charge in [0.25, 0.3) is 5.91 Å². The Kier molecular flexibility index (Phi) is 5.99. The molecule has 1 aromatic rings. The van der Waals surface area contributed by atoms with Gasteiger partial charge in [-0.2, -0.15) is 4.31 Å². The molecule has 26 heavy (non-hydrogen) atoms. The standard InChI is InChI=1S/C19H29N3O3S/c1-15-9-12-22(13-10-15)26(24,25)18-7-5-16(6-8-18)19(23)21-11-3-4-17(14-21)20-2/h5-8,15,17,20H,3-4,9-14H2,1-2H3. The van der Waals surface area contributed by atoms with Crippen LogP contribution in [0.25, 0.3) is 0 Å². The second-order valence-corrected chi connectivity index (χ2v) is 9.43. The van der Waals surface area contributed by atoms with E-state index in [1.165, 1.54) is 0 Å². The molecule has 3 rings (SSSR count). The Morgan fingerprint density at radius 3 is 2.35 bits per heavy atom. The van der Waals surface area contributed by atoms with Gasteiger partial charge in [0, 0.05) is 37.8 Å². The molecule has 2 heterocycles. The molecule has 1 aromatic carbocycles. The Morgan fingerprint density at radius 2 is 1.73 bits per heavy atom. The van der Waals surface area contributed by atoms with E-state index in [1.54, 1.807) is 28.6 Å². The number of piperidine rings is 2. The summed E-state index contributed by atoms with van der Waals surface area (Å²) in [5.74, 6) is 0.549. The molecule has 1 N–H and O–H groups in total. The molecule has 1 atom stereocenters. The van der Waals surface area contributed by atoms with Crippen LogP contribution in [-0.2, 0) is 10.0 Å². The number of hydrogen-bond donors (Lipinski definition) is 1. The number of nitrogens with zero attached hydrogens (tertiary/aromatic N) is 2. The van der Waals surface area contributed by atoms with Gasteiger partial charge in [0.05, 0.1) is 4.90 Å². The van der Waals surface area contributed by atoms with Crippen molar-refractivity contribution in [2.24, 2.45) is 5.92 Å². The van der Waals surface area contributed by atoms with Crippen molar-refractivity contribution in [1.82, 2.24) is 14.5 Å². The lowest BCUT2D eigenvalue weighted by atomic mass is 10.0. The van der Waals surface area contributed by atoms with Crippen LogP contribution in [0.5, 0.6) is 0 Å². The minimum Gasteiger partial charge on any atom is -0.337 e. The summed E-state index contributed by atoms with van der Waals surface area (Å²) in [7, 11) is -1.55. The topological polar surface area (TPSA) is 69.7 Å². The maximum Gasteiger partial charge on any atom is 0.253 e. The Hall–Kier alpha value is -1.44. The van der Waals surface area contributed by atoms with Crippen LogP contribution in [0.3, 0.4) is 0 Å². The van der Waals surface area contributed by atoms with E-state index in [1.807, 2.05) is 11.9 Å². The van der Waals surface area contributed by atoms with Gasteiger partial charge in [-0.25, -0.2) is 8.42 Å². The molecule has 144 valence electrons. The van der Waals surface area contributed by atoms with E-state index in [0.29, 0.717) is 37.2 Å². The van der Waals surface area contributed by atoms with E-state index >= 15 is 0 Å². The van der Waals surface area contributed by atoms with Gasteiger partial charge in [-0.05, 0) is 62.9 Å². The number of sulfonamides is 1. The maximum absolute atomic E-state index is 12.8. The van der Waals surface area contributed by atoms with Crippen molar-refractivity contribution in [3.05, 3.63) is 29.8 Å². The number of amides is 1. The number of likely N-dealkylation sites (tertiary alicyclic amines) is 1. The van der Waals surface area contributed by atoms with Gasteiger partial charge >= 0.3 is 0 Å². The molecule has 0 bridgehead atoms. The van der Waals surface area contributed by atoms with Gasteiger partial charge in [0.2, 0.25) is 10.0 Å². The van der Waals surface area contributed by atoms with Crippen LogP contribution in [-0.4, -0.2) is 62.8 Å². The number of carbonyl (C=O) groups is 1. The largest absolute Gasteiger partial charge is 0.337 e. The zero-order valence-corrected chi connectivity index (χ0v) is 16.5. The zero-order chi connectivity index (χ0) is 18.7. The summed E-state index contributed by atoms with van der Waals surface area (Å²) in [5.41, 5.74) is 0.549. The fourth-order valence-electron chi connectivity index (χ4n) is 3.72. The summed E-state index contributed by atoms with van der Waals surface area (Å²) < 4.78 is 27.1. The lowest BCUT2D eigenvalue weighted by Gasteiger charge is -2.32. The number of rotatable bonds is 4. The smallest absolute Gasteiger partial charge is 0.253 e. The number of likely N-dealkylation sites (N-methyl/N-ethyl adjacent to an activating group) is 1. The first-order valence-electron chi connectivity index (χ1n) is 9.48. The summed E-state index contributed by atoms with van der Waals surface area (Å²) in [6.07, 6.45) is 3.86. The Labute approximate surface area is 156 Å². The molecular weight excluding hydrogens is 350 g/mol. The van der Waals surface area contributed by atoms with Gasteiger partial charge in [-0.3, -0.25) is 4.79 Å². The van der Waals surface area contributed by atoms with Gasteiger partial charge < -0.3 is 10.2 Å². The lowest BCUT2D eigenvalue weighted by Crippen LogP contribution is -2.46. The maximum atomic E-state index is 12.8. The second-order valence-electron chi connectivity index (χ2n) is 7.49. The average molecular weight is 380 g/mol. The first-order chi connectivity index (χ1) is 12.4. The molecule has 0 aliphatic carbocycles. The molecule has 0 radical (unpaired) electrons. The predicted molar refractivity (Wildman–Crippen MR) is 102 cm³/mol. The minimum absolute atomic E-state index is 0.0271. The quantitative estimate of drug-likeness (QED) is 0.868. The molecule has 0 aromatic heterocycles. The van der Waals surface area contributed by atoms with E-state index in [9.17, 15) is 13.2 Å². The third-order valence-corrected chi connectivity index (χ3v) is 7.51. The van der Waals surface area contributed by atoms with Crippen molar-refractivity contribution in [2.45, 2.75) is 43.5 Å². The molecule has 2 aliphatic rings. The number of carbonyl (C=O) groups excluding carboxylic acids is 1. The normalized spacial score (nSPS) is 23.2. The van der Waals surface area contributed by atoms with Crippen molar-refractivity contribution >= 4 is 15.9 Å². The van der Waals surface area contributed by atoms with Crippen LogP contribution in [0.1, 0.15) is 43.0 Å². The summed E-state index contributed by atoms with van der Waals surface area (Å²) >= 11 is 0. The Balaban J connectivity index is 1.70. The molecule has 2 aliphatic heterocycles. The molecule has 7 heteroatoms. The average Bonchev–Trinajstić information content (AvgIpc) is 2.68. The Morgan fingerprint density at radius 1 is 1.08 bits per heavy atom. The summed E-state index contributed by atoms with van der Waals surface area (Å²) in [5, 5.41) is 3.23. The molecule has 1 unspecified atom stereocenters. The third kappa shape index (κ3) is 4.10. The number of benzene rings is 1. The van der Waals surface area contributed by atoms with Crippen LogP contribution in [0.15, 0.2) is 29.2 Å². The summed E-state index contributed by atoms with van der Waals surface area (Å²) in [6.45, 7) is 4.75. The van der Waals surface area contributed by atoms with Gasteiger partial charge in [-0.15, -0.1) is 0 Å². The number of hydrogen-bond acceptors (Lipinski definition) is 4. The van der Waals surface area contributed by atoms with Crippen LogP contribution in [0.2, 0.25) is 0 Å². The highest BCUT2D eigenvalue weighted by molar-refractivity contribution is 7.89. The van der Waals surface area contributed by atoms with E-state index < -0.39 is 10.0 Å².